The summed E-state index contributed by atoms with van der Waals surface area (Å²) in [7, 11) is 1.94. The number of likely N-dealkylation sites (N-methyl/N-ethyl adjacent to an activating group) is 1. The highest BCUT2D eigenvalue weighted by atomic mass is 16.5. The molecule has 1 amide bonds. The van der Waals surface area contributed by atoms with Crippen molar-refractivity contribution in [1.82, 2.24) is 10.2 Å². The Bertz CT molecular complexity index is 741. The molecule has 0 aromatic heterocycles. The largest absolute Gasteiger partial charge is 0.394 e. The van der Waals surface area contributed by atoms with Gasteiger partial charge in [-0.05, 0) is 31.2 Å². The fourth-order valence-electron chi connectivity index (χ4n) is 3.67. The lowest BCUT2D eigenvalue weighted by atomic mass is 10.0. The first-order valence-corrected chi connectivity index (χ1v) is 9.62. The predicted molar refractivity (Wildman–Crippen MR) is 107 cm³/mol. The van der Waals surface area contributed by atoms with Gasteiger partial charge in [0.2, 0.25) is 0 Å². The molecule has 0 bridgehead atoms. The van der Waals surface area contributed by atoms with E-state index in [2.05, 4.69) is 17.4 Å². The molecule has 1 aliphatic rings. The van der Waals surface area contributed by atoms with E-state index in [1.54, 1.807) is 12.1 Å². The Morgan fingerprint density at radius 2 is 1.71 bits per heavy atom. The molecule has 4 atom stereocenters. The number of nitrogens with one attached hydrogen (secondary N) is 1. The predicted octanol–water partition coefficient (Wildman–Crippen LogP) is 1.08. The Morgan fingerprint density at radius 3 is 2.36 bits per heavy atom. The van der Waals surface area contributed by atoms with Crippen molar-refractivity contribution in [3.05, 3.63) is 71.8 Å². The van der Waals surface area contributed by atoms with Crippen molar-refractivity contribution in [2.45, 2.75) is 30.8 Å². The van der Waals surface area contributed by atoms with Gasteiger partial charge in [-0.3, -0.25) is 9.69 Å². The average Bonchev–Trinajstić information content (AvgIpc) is 3.07. The standard InChI is InChI=1S/C22H28N2O4/c1-24(13-12-16-8-4-2-5-9-16)20-18(28-19(15-25)21(20)26)14-23-22(27)17-10-6-3-7-11-17/h2-11,18-21,25-26H,12-15H2,1H3,(H,23,27)/t18-,19+,20-,21-/m1/s1. The molecule has 2 aromatic rings. The maximum Gasteiger partial charge on any atom is 0.251 e. The lowest BCUT2D eigenvalue weighted by Gasteiger charge is -2.30. The van der Waals surface area contributed by atoms with Gasteiger partial charge in [0.05, 0.1) is 18.8 Å². The van der Waals surface area contributed by atoms with Gasteiger partial charge in [-0.2, -0.15) is 0 Å². The zero-order valence-corrected chi connectivity index (χ0v) is 16.1. The molecule has 1 saturated heterocycles. The molecule has 150 valence electrons. The van der Waals surface area contributed by atoms with E-state index in [1.165, 1.54) is 5.56 Å². The molecule has 0 radical (unpaired) electrons. The molecular weight excluding hydrogens is 356 g/mol. The van der Waals surface area contributed by atoms with Crippen LogP contribution in [0.5, 0.6) is 0 Å². The molecule has 6 nitrogen and oxygen atoms in total. The van der Waals surface area contributed by atoms with Crippen molar-refractivity contribution in [3.8, 4) is 0 Å². The molecule has 0 spiro atoms. The number of carbonyl (C=O) groups excluding carboxylic acids is 1. The van der Waals surface area contributed by atoms with Crippen LogP contribution in [0.25, 0.3) is 0 Å². The summed E-state index contributed by atoms with van der Waals surface area (Å²) in [6, 6.07) is 18.8. The van der Waals surface area contributed by atoms with E-state index in [4.69, 9.17) is 4.74 Å². The molecule has 2 aromatic carbocycles. The fourth-order valence-corrected chi connectivity index (χ4v) is 3.67. The van der Waals surface area contributed by atoms with Gasteiger partial charge in [0, 0.05) is 18.7 Å². The summed E-state index contributed by atoms with van der Waals surface area (Å²) in [5.74, 6) is -0.183. The Kier molecular flexibility index (Phi) is 7.17. The quantitative estimate of drug-likeness (QED) is 0.635. The molecule has 3 rings (SSSR count). The molecule has 0 saturated carbocycles. The first-order valence-electron chi connectivity index (χ1n) is 9.62. The lowest BCUT2D eigenvalue weighted by Crippen LogP contribution is -2.50. The Labute approximate surface area is 165 Å². The van der Waals surface area contributed by atoms with Gasteiger partial charge < -0.3 is 20.3 Å². The second kappa shape index (κ2) is 9.80. The van der Waals surface area contributed by atoms with E-state index in [1.807, 2.05) is 48.3 Å². The topological polar surface area (TPSA) is 82.0 Å². The zero-order valence-electron chi connectivity index (χ0n) is 16.1. The van der Waals surface area contributed by atoms with Gasteiger partial charge in [-0.15, -0.1) is 0 Å². The fraction of sp³-hybridized carbons (Fsp3) is 0.409. The first-order chi connectivity index (χ1) is 13.6. The monoisotopic (exact) mass is 384 g/mol. The number of aliphatic hydroxyl groups is 2. The smallest absolute Gasteiger partial charge is 0.251 e. The molecule has 28 heavy (non-hydrogen) atoms. The molecule has 1 aliphatic heterocycles. The van der Waals surface area contributed by atoms with E-state index in [0.29, 0.717) is 5.56 Å². The van der Waals surface area contributed by atoms with Crippen molar-refractivity contribution < 1.29 is 19.7 Å². The average molecular weight is 384 g/mol. The van der Waals surface area contributed by atoms with E-state index >= 15 is 0 Å². The molecule has 3 N–H and O–H groups in total. The summed E-state index contributed by atoms with van der Waals surface area (Å²) < 4.78 is 5.84. The van der Waals surface area contributed by atoms with Crippen LogP contribution < -0.4 is 5.32 Å². The third kappa shape index (κ3) is 4.97. The van der Waals surface area contributed by atoms with Crippen LogP contribution in [0.3, 0.4) is 0 Å². The Hall–Kier alpha value is -2.25. The summed E-state index contributed by atoms with van der Waals surface area (Å²) in [5.41, 5.74) is 1.80. The molecule has 1 fully saturated rings. The number of ether oxygens (including phenoxy) is 1. The summed E-state index contributed by atoms with van der Waals surface area (Å²) >= 11 is 0. The zero-order chi connectivity index (χ0) is 19.9. The number of nitrogens with zero attached hydrogens (tertiary/aromatic N) is 1. The molecular formula is C22H28N2O4. The summed E-state index contributed by atoms with van der Waals surface area (Å²) in [5, 5.41) is 23.0. The van der Waals surface area contributed by atoms with Crippen molar-refractivity contribution in [2.24, 2.45) is 0 Å². The number of hydrogen-bond acceptors (Lipinski definition) is 5. The van der Waals surface area contributed by atoms with E-state index < -0.39 is 18.3 Å². The van der Waals surface area contributed by atoms with Crippen LogP contribution in [0.1, 0.15) is 15.9 Å². The van der Waals surface area contributed by atoms with Crippen LogP contribution in [-0.2, 0) is 11.2 Å². The van der Waals surface area contributed by atoms with Crippen LogP contribution in [0.15, 0.2) is 60.7 Å². The highest BCUT2D eigenvalue weighted by Gasteiger charge is 2.45. The Morgan fingerprint density at radius 1 is 1.07 bits per heavy atom. The van der Waals surface area contributed by atoms with Crippen LogP contribution in [0.2, 0.25) is 0 Å². The lowest BCUT2D eigenvalue weighted by molar-refractivity contribution is -0.0209. The minimum atomic E-state index is -0.815. The SMILES string of the molecule is CN(CCc1ccccc1)[C@H]1[C@H](O)[C@H](CO)O[C@@H]1CNC(=O)c1ccccc1. The van der Waals surface area contributed by atoms with Crippen LogP contribution in [0, 0.1) is 0 Å². The van der Waals surface area contributed by atoms with Crippen LogP contribution in [-0.4, -0.2) is 72.1 Å². The van der Waals surface area contributed by atoms with Gasteiger partial charge in [0.15, 0.2) is 0 Å². The van der Waals surface area contributed by atoms with Crippen LogP contribution >= 0.6 is 0 Å². The maximum absolute atomic E-state index is 12.3. The first kappa shape index (κ1) is 20.5. The highest BCUT2D eigenvalue weighted by molar-refractivity contribution is 5.94. The normalized spacial score (nSPS) is 24.4. The number of carbonyl (C=O) groups is 1. The van der Waals surface area contributed by atoms with E-state index in [-0.39, 0.29) is 25.1 Å². The number of amides is 1. The minimum Gasteiger partial charge on any atom is -0.394 e. The second-order valence-corrected chi connectivity index (χ2v) is 7.17. The third-order valence-corrected chi connectivity index (χ3v) is 5.25. The van der Waals surface area contributed by atoms with E-state index in [0.717, 1.165) is 13.0 Å². The van der Waals surface area contributed by atoms with Gasteiger partial charge in [-0.1, -0.05) is 48.5 Å². The van der Waals surface area contributed by atoms with Gasteiger partial charge in [-0.25, -0.2) is 0 Å². The van der Waals surface area contributed by atoms with Crippen LogP contribution in [0.4, 0.5) is 0 Å². The highest BCUT2D eigenvalue weighted by Crippen LogP contribution is 2.25. The number of hydrogen-bond donors (Lipinski definition) is 3. The number of benzene rings is 2. The molecule has 1 heterocycles. The van der Waals surface area contributed by atoms with Crippen molar-refractivity contribution in [1.29, 1.82) is 0 Å². The molecule has 0 aliphatic carbocycles. The van der Waals surface area contributed by atoms with Crippen molar-refractivity contribution in [3.63, 3.8) is 0 Å². The van der Waals surface area contributed by atoms with Crippen molar-refractivity contribution in [2.75, 3.05) is 26.7 Å². The maximum atomic E-state index is 12.3. The van der Waals surface area contributed by atoms with E-state index in [9.17, 15) is 15.0 Å². The second-order valence-electron chi connectivity index (χ2n) is 7.17. The summed E-state index contributed by atoms with van der Waals surface area (Å²) in [6.45, 7) is 0.741. The molecule has 0 unspecified atom stereocenters. The number of aliphatic hydroxyl groups excluding tert-OH is 2. The Balaban J connectivity index is 1.61. The van der Waals surface area contributed by atoms with Gasteiger partial charge in [0.1, 0.15) is 12.2 Å². The van der Waals surface area contributed by atoms with Gasteiger partial charge in [0.25, 0.3) is 5.91 Å². The van der Waals surface area contributed by atoms with Gasteiger partial charge >= 0.3 is 0 Å². The third-order valence-electron chi connectivity index (χ3n) is 5.25. The van der Waals surface area contributed by atoms with Crippen molar-refractivity contribution >= 4 is 5.91 Å². The molecule has 6 heteroatoms. The number of rotatable bonds is 8. The summed E-state index contributed by atoms with van der Waals surface area (Å²) in [4.78, 5) is 14.4. The summed E-state index contributed by atoms with van der Waals surface area (Å²) in [6.07, 6.45) is -1.03. The minimum absolute atomic E-state index is 0.183.